The Morgan fingerprint density at radius 2 is 2.14 bits per heavy atom. The Morgan fingerprint density at radius 3 is 2.96 bits per heavy atom. The van der Waals surface area contributed by atoms with Gasteiger partial charge in [0.1, 0.15) is 11.3 Å². The molecule has 2 aromatic carbocycles. The van der Waals surface area contributed by atoms with Crippen LogP contribution in [0.5, 0.6) is 5.75 Å². The molecule has 0 spiro atoms. The van der Waals surface area contributed by atoms with Crippen molar-refractivity contribution >= 4 is 34.6 Å². The number of carbonyl (C=O) groups excluding carboxylic acids is 1. The van der Waals surface area contributed by atoms with Crippen molar-refractivity contribution in [3.05, 3.63) is 53.1 Å². The monoisotopic (exact) mass is 407 g/mol. The van der Waals surface area contributed by atoms with Crippen LogP contribution in [0, 0.1) is 0 Å². The van der Waals surface area contributed by atoms with Gasteiger partial charge in [0, 0.05) is 30.2 Å². The number of carbonyl (C=O) groups is 1. The van der Waals surface area contributed by atoms with Crippen molar-refractivity contribution in [1.29, 1.82) is 0 Å². The second kappa shape index (κ2) is 7.63. The van der Waals surface area contributed by atoms with E-state index in [-0.39, 0.29) is 23.3 Å². The van der Waals surface area contributed by atoms with Gasteiger partial charge >= 0.3 is 6.61 Å². The molecule has 28 heavy (non-hydrogen) atoms. The normalized spacial score (nSPS) is 16.7. The first kappa shape index (κ1) is 18.5. The zero-order valence-corrected chi connectivity index (χ0v) is 15.3. The molecule has 1 aliphatic rings. The minimum atomic E-state index is -2.99. The van der Waals surface area contributed by atoms with Gasteiger partial charge in [0.15, 0.2) is 5.58 Å². The van der Waals surface area contributed by atoms with Crippen molar-refractivity contribution in [3.63, 3.8) is 0 Å². The first-order valence-electron chi connectivity index (χ1n) is 8.65. The Morgan fingerprint density at radius 1 is 1.32 bits per heavy atom. The van der Waals surface area contributed by atoms with E-state index in [1.807, 2.05) is 0 Å². The molecule has 0 unspecified atom stereocenters. The van der Waals surface area contributed by atoms with Crippen molar-refractivity contribution in [2.45, 2.75) is 19.1 Å². The average molecular weight is 408 g/mol. The lowest BCUT2D eigenvalue weighted by Crippen LogP contribution is -2.32. The van der Waals surface area contributed by atoms with Gasteiger partial charge in [0.05, 0.1) is 5.56 Å². The smallest absolute Gasteiger partial charge is 0.387 e. The summed E-state index contributed by atoms with van der Waals surface area (Å²) >= 11 is 5.95. The summed E-state index contributed by atoms with van der Waals surface area (Å²) in [6.07, 6.45) is 0.670. The maximum Gasteiger partial charge on any atom is 0.387 e. The highest BCUT2D eigenvalue weighted by molar-refractivity contribution is 6.31. The summed E-state index contributed by atoms with van der Waals surface area (Å²) < 4.78 is 35.3. The summed E-state index contributed by atoms with van der Waals surface area (Å²) in [6, 6.07) is 11.4. The van der Waals surface area contributed by atoms with Gasteiger partial charge in [-0.1, -0.05) is 23.7 Å². The Labute approximate surface area is 164 Å². The zero-order valence-electron chi connectivity index (χ0n) is 14.6. The standard InChI is InChI=1S/C19H16ClF2N3O3/c20-11-5-6-14-16(9-11)28-19(24-14)23-12-7-8-25(10-12)17(26)13-3-1-2-4-15(13)27-18(21)22/h1-6,9,12,18H,7-8,10H2,(H,23,24)/t12-/m1/s1. The van der Waals surface area contributed by atoms with E-state index < -0.39 is 6.61 Å². The van der Waals surface area contributed by atoms with Crippen LogP contribution in [0.15, 0.2) is 46.9 Å². The summed E-state index contributed by atoms with van der Waals surface area (Å²) in [4.78, 5) is 18.7. The number of ether oxygens (including phenoxy) is 1. The van der Waals surface area contributed by atoms with Crippen LogP contribution >= 0.6 is 11.6 Å². The first-order chi connectivity index (χ1) is 13.5. The van der Waals surface area contributed by atoms with Crippen LogP contribution in [0.25, 0.3) is 11.1 Å². The van der Waals surface area contributed by atoms with E-state index >= 15 is 0 Å². The molecule has 0 aliphatic carbocycles. The molecular weight excluding hydrogens is 392 g/mol. The van der Waals surface area contributed by atoms with Crippen LogP contribution in [0.2, 0.25) is 5.02 Å². The molecule has 1 aromatic heterocycles. The molecule has 4 rings (SSSR count). The number of nitrogens with one attached hydrogen (secondary N) is 1. The molecule has 2 heterocycles. The molecule has 3 aromatic rings. The third-order valence-corrected chi connectivity index (χ3v) is 4.72. The maximum absolute atomic E-state index is 12.7. The lowest BCUT2D eigenvalue weighted by Gasteiger charge is -2.18. The SMILES string of the molecule is O=C(c1ccccc1OC(F)F)N1CC[C@@H](Nc2nc3ccc(Cl)cc3o2)C1. The number of rotatable bonds is 5. The highest BCUT2D eigenvalue weighted by atomic mass is 35.5. The number of halogens is 3. The van der Waals surface area contributed by atoms with Crippen molar-refractivity contribution in [2.24, 2.45) is 0 Å². The molecule has 6 nitrogen and oxygen atoms in total. The van der Waals surface area contributed by atoms with Crippen molar-refractivity contribution in [2.75, 3.05) is 18.4 Å². The number of benzene rings is 2. The molecule has 1 aliphatic heterocycles. The topological polar surface area (TPSA) is 67.6 Å². The number of fused-ring (bicyclic) bond motifs is 1. The van der Waals surface area contributed by atoms with Crippen LogP contribution in [0.3, 0.4) is 0 Å². The quantitative estimate of drug-likeness (QED) is 0.678. The summed E-state index contributed by atoms with van der Waals surface area (Å²) in [5.41, 5.74) is 1.36. The number of amides is 1. The summed E-state index contributed by atoms with van der Waals surface area (Å²) in [5.74, 6) is -0.486. The highest BCUT2D eigenvalue weighted by Crippen LogP contribution is 2.26. The Hall–Kier alpha value is -2.87. The van der Waals surface area contributed by atoms with Crippen molar-refractivity contribution in [3.8, 4) is 5.75 Å². The van der Waals surface area contributed by atoms with Gasteiger partial charge in [-0.15, -0.1) is 0 Å². The van der Waals surface area contributed by atoms with Crippen molar-refractivity contribution < 1.29 is 22.7 Å². The molecule has 1 amide bonds. The third kappa shape index (κ3) is 3.87. The maximum atomic E-state index is 12.7. The van der Waals surface area contributed by atoms with Crippen molar-refractivity contribution in [1.82, 2.24) is 9.88 Å². The fourth-order valence-corrected chi connectivity index (χ4v) is 3.37. The van der Waals surface area contributed by atoms with E-state index in [2.05, 4.69) is 15.0 Å². The van der Waals surface area contributed by atoms with Gasteiger partial charge in [0.25, 0.3) is 11.9 Å². The lowest BCUT2D eigenvalue weighted by atomic mass is 10.2. The van der Waals surface area contributed by atoms with E-state index in [9.17, 15) is 13.6 Å². The summed E-state index contributed by atoms with van der Waals surface area (Å²) in [7, 11) is 0. The molecule has 0 saturated carbocycles. The van der Waals surface area contributed by atoms with E-state index in [0.717, 1.165) is 0 Å². The molecule has 1 saturated heterocycles. The number of aromatic nitrogens is 1. The van der Waals surface area contributed by atoms with Crippen LogP contribution in [0.1, 0.15) is 16.8 Å². The number of anilines is 1. The van der Waals surface area contributed by atoms with Crippen LogP contribution < -0.4 is 10.1 Å². The molecule has 146 valence electrons. The van der Waals surface area contributed by atoms with Gasteiger partial charge in [0.2, 0.25) is 0 Å². The molecule has 1 atom stereocenters. The van der Waals surface area contributed by atoms with Gasteiger partial charge in [-0.2, -0.15) is 13.8 Å². The van der Waals surface area contributed by atoms with Crippen LogP contribution in [-0.2, 0) is 0 Å². The first-order valence-corrected chi connectivity index (χ1v) is 9.03. The zero-order chi connectivity index (χ0) is 19.7. The number of likely N-dealkylation sites (tertiary alicyclic amines) is 1. The van der Waals surface area contributed by atoms with Crippen LogP contribution in [0.4, 0.5) is 14.8 Å². The summed E-state index contributed by atoms with van der Waals surface area (Å²) in [6.45, 7) is -2.12. The number of para-hydroxylation sites is 1. The predicted molar refractivity (Wildman–Crippen MR) is 100 cm³/mol. The Kier molecular flexibility index (Phi) is 5.04. The van der Waals surface area contributed by atoms with E-state index in [0.29, 0.717) is 41.6 Å². The fraction of sp³-hybridized carbons (Fsp3) is 0.263. The molecule has 1 N–H and O–H groups in total. The molecule has 0 bridgehead atoms. The largest absolute Gasteiger partial charge is 0.434 e. The number of alkyl halides is 2. The highest BCUT2D eigenvalue weighted by Gasteiger charge is 2.29. The molecule has 9 heteroatoms. The van der Waals surface area contributed by atoms with E-state index in [1.165, 1.54) is 12.1 Å². The minimum absolute atomic E-state index is 0.0735. The van der Waals surface area contributed by atoms with E-state index in [1.54, 1.807) is 35.2 Å². The number of hydrogen-bond donors (Lipinski definition) is 1. The van der Waals surface area contributed by atoms with Gasteiger partial charge in [-0.25, -0.2) is 0 Å². The Balaban J connectivity index is 1.44. The number of hydrogen-bond acceptors (Lipinski definition) is 5. The Bertz CT molecular complexity index is 1010. The van der Waals surface area contributed by atoms with Crippen LogP contribution in [-0.4, -0.2) is 41.5 Å². The predicted octanol–water partition coefficient (Wildman–Crippen LogP) is 4.41. The fourth-order valence-electron chi connectivity index (χ4n) is 3.21. The van der Waals surface area contributed by atoms with Gasteiger partial charge in [-0.05, 0) is 30.7 Å². The van der Waals surface area contributed by atoms with E-state index in [4.69, 9.17) is 16.0 Å². The number of nitrogens with zero attached hydrogens (tertiary/aromatic N) is 2. The molecule has 1 fully saturated rings. The number of oxazole rings is 1. The summed E-state index contributed by atoms with van der Waals surface area (Å²) in [5, 5.41) is 3.72. The van der Waals surface area contributed by atoms with Gasteiger partial charge < -0.3 is 19.4 Å². The lowest BCUT2D eigenvalue weighted by molar-refractivity contribution is -0.0502. The molecular formula is C19H16ClF2N3O3. The third-order valence-electron chi connectivity index (χ3n) is 4.49. The average Bonchev–Trinajstić information content (AvgIpc) is 3.27. The molecule has 0 radical (unpaired) electrons. The minimum Gasteiger partial charge on any atom is -0.434 e. The van der Waals surface area contributed by atoms with Gasteiger partial charge in [-0.3, -0.25) is 4.79 Å². The second-order valence-electron chi connectivity index (χ2n) is 6.39. The second-order valence-corrected chi connectivity index (χ2v) is 6.82.